The predicted molar refractivity (Wildman–Crippen MR) is 54.9 cm³/mol. The first-order valence-electron chi connectivity index (χ1n) is 5.27. The summed E-state index contributed by atoms with van der Waals surface area (Å²) in [5, 5.41) is 0. The van der Waals surface area contributed by atoms with E-state index in [9.17, 15) is 26.3 Å². The second-order valence-electron chi connectivity index (χ2n) is 3.67. The van der Waals surface area contributed by atoms with Crippen LogP contribution in [0.3, 0.4) is 0 Å². The van der Waals surface area contributed by atoms with Crippen molar-refractivity contribution >= 4 is 0 Å². The molecule has 0 spiro atoms. The molecule has 0 aliphatic heterocycles. The summed E-state index contributed by atoms with van der Waals surface area (Å²) in [6.45, 7) is 1.62. The van der Waals surface area contributed by atoms with Gasteiger partial charge in [-0.05, 0) is 30.7 Å². The molecule has 0 saturated carbocycles. The molecule has 8 heteroatoms. The van der Waals surface area contributed by atoms with Crippen molar-refractivity contribution in [3.05, 3.63) is 34.9 Å². The highest BCUT2D eigenvalue weighted by Crippen LogP contribution is 2.36. The number of hydroxylamine groups is 1. The zero-order valence-corrected chi connectivity index (χ0v) is 9.82. The topological polar surface area (TPSA) is 21.3 Å². The summed E-state index contributed by atoms with van der Waals surface area (Å²) < 4.78 is 75.0. The van der Waals surface area contributed by atoms with E-state index in [0.29, 0.717) is 12.1 Å². The number of hydrogen-bond donors (Lipinski definition) is 1. The highest BCUT2D eigenvalue weighted by molar-refractivity contribution is 5.33. The third-order valence-corrected chi connectivity index (χ3v) is 2.17. The van der Waals surface area contributed by atoms with E-state index in [-0.39, 0.29) is 24.8 Å². The lowest BCUT2D eigenvalue weighted by atomic mass is 10.0. The number of alkyl halides is 6. The second kappa shape index (κ2) is 5.79. The summed E-state index contributed by atoms with van der Waals surface area (Å²) >= 11 is 0. The number of rotatable bonds is 4. The molecule has 0 bridgehead atoms. The van der Waals surface area contributed by atoms with Gasteiger partial charge in [-0.2, -0.15) is 31.8 Å². The van der Waals surface area contributed by atoms with Crippen LogP contribution >= 0.6 is 0 Å². The Morgan fingerprint density at radius 1 is 0.947 bits per heavy atom. The molecule has 0 aromatic heterocycles. The number of benzene rings is 1. The maximum Gasteiger partial charge on any atom is 0.416 e. The molecule has 1 aromatic carbocycles. The first-order valence-corrected chi connectivity index (χ1v) is 5.27. The average Bonchev–Trinajstić information content (AvgIpc) is 2.27. The highest BCUT2D eigenvalue weighted by Gasteiger charge is 2.36. The van der Waals surface area contributed by atoms with Gasteiger partial charge >= 0.3 is 12.4 Å². The van der Waals surface area contributed by atoms with E-state index in [4.69, 9.17) is 0 Å². The molecule has 1 rings (SSSR count). The molecule has 0 radical (unpaired) electrons. The molecule has 0 amide bonds. The van der Waals surface area contributed by atoms with Crippen LogP contribution in [0, 0.1) is 0 Å². The van der Waals surface area contributed by atoms with Gasteiger partial charge in [0.1, 0.15) is 0 Å². The Morgan fingerprint density at radius 3 is 1.79 bits per heavy atom. The van der Waals surface area contributed by atoms with E-state index < -0.39 is 23.5 Å². The molecule has 1 N–H and O–H groups in total. The summed E-state index contributed by atoms with van der Waals surface area (Å²) in [6.07, 6.45) is -9.66. The third kappa shape index (κ3) is 4.71. The summed E-state index contributed by atoms with van der Waals surface area (Å²) in [5.74, 6) is 0. The van der Waals surface area contributed by atoms with Crippen LogP contribution < -0.4 is 5.48 Å². The first-order chi connectivity index (χ1) is 8.64. The largest absolute Gasteiger partial charge is 0.416 e. The lowest BCUT2D eigenvalue weighted by molar-refractivity contribution is -0.143. The highest BCUT2D eigenvalue weighted by atomic mass is 19.4. The van der Waals surface area contributed by atoms with Crippen LogP contribution in [-0.2, 0) is 23.7 Å². The molecule has 0 aliphatic carbocycles. The monoisotopic (exact) mass is 287 g/mol. The van der Waals surface area contributed by atoms with Crippen molar-refractivity contribution in [2.24, 2.45) is 0 Å². The van der Waals surface area contributed by atoms with Gasteiger partial charge in [-0.3, -0.25) is 0 Å². The van der Waals surface area contributed by atoms with Crippen molar-refractivity contribution in [3.8, 4) is 0 Å². The van der Waals surface area contributed by atoms with Gasteiger partial charge in [0.05, 0.1) is 17.7 Å². The average molecular weight is 287 g/mol. The number of hydrogen-bond acceptors (Lipinski definition) is 2. The molecule has 0 aliphatic rings. The van der Waals surface area contributed by atoms with Gasteiger partial charge in [-0.25, -0.2) is 0 Å². The van der Waals surface area contributed by atoms with Crippen molar-refractivity contribution in [1.82, 2.24) is 5.48 Å². The molecular weight excluding hydrogens is 276 g/mol. The maximum atomic E-state index is 12.5. The molecule has 2 nitrogen and oxygen atoms in total. The van der Waals surface area contributed by atoms with E-state index in [1.54, 1.807) is 6.92 Å². The van der Waals surface area contributed by atoms with Crippen molar-refractivity contribution in [1.29, 1.82) is 0 Å². The molecule has 108 valence electrons. The van der Waals surface area contributed by atoms with E-state index in [1.165, 1.54) is 0 Å². The Balaban J connectivity index is 3.10. The Bertz CT molecular complexity index is 394. The minimum atomic E-state index is -4.83. The van der Waals surface area contributed by atoms with Crippen LogP contribution in [0.25, 0.3) is 0 Å². The Labute approximate surface area is 105 Å². The zero-order chi connectivity index (χ0) is 14.7. The van der Waals surface area contributed by atoms with Gasteiger partial charge in [-0.15, -0.1) is 0 Å². The molecule has 0 unspecified atom stereocenters. The van der Waals surface area contributed by atoms with Crippen LogP contribution in [0.4, 0.5) is 26.3 Å². The van der Waals surface area contributed by atoms with Crippen LogP contribution in [0.1, 0.15) is 23.6 Å². The van der Waals surface area contributed by atoms with E-state index >= 15 is 0 Å². The van der Waals surface area contributed by atoms with E-state index in [0.717, 1.165) is 0 Å². The quantitative estimate of drug-likeness (QED) is 0.517. The van der Waals surface area contributed by atoms with Gasteiger partial charge in [0, 0.05) is 6.54 Å². The molecule has 0 fully saturated rings. The lowest BCUT2D eigenvalue weighted by Crippen LogP contribution is -2.16. The molecule has 0 saturated heterocycles. The van der Waals surface area contributed by atoms with Crippen molar-refractivity contribution in [2.75, 3.05) is 6.61 Å². The normalized spacial score (nSPS) is 12.8. The Kier molecular flexibility index (Phi) is 4.81. The maximum absolute atomic E-state index is 12.5. The lowest BCUT2D eigenvalue weighted by Gasteiger charge is -2.14. The van der Waals surface area contributed by atoms with Crippen molar-refractivity contribution in [2.45, 2.75) is 25.8 Å². The van der Waals surface area contributed by atoms with Crippen molar-refractivity contribution < 1.29 is 31.2 Å². The Morgan fingerprint density at radius 2 is 1.42 bits per heavy atom. The van der Waals surface area contributed by atoms with Gasteiger partial charge in [0.25, 0.3) is 0 Å². The third-order valence-electron chi connectivity index (χ3n) is 2.17. The zero-order valence-electron chi connectivity index (χ0n) is 9.82. The van der Waals surface area contributed by atoms with Gasteiger partial charge in [0.2, 0.25) is 0 Å². The molecule has 1 aromatic rings. The van der Waals surface area contributed by atoms with Gasteiger partial charge < -0.3 is 4.84 Å². The van der Waals surface area contributed by atoms with E-state index in [2.05, 4.69) is 10.3 Å². The minimum absolute atomic E-state index is 0.0875. The number of nitrogens with one attached hydrogen (secondary N) is 1. The summed E-state index contributed by atoms with van der Waals surface area (Å²) in [4.78, 5) is 4.68. The fourth-order valence-corrected chi connectivity index (χ4v) is 1.36. The molecular formula is C11H11F6NO. The number of halogens is 6. The van der Waals surface area contributed by atoms with Crippen LogP contribution in [0.5, 0.6) is 0 Å². The first kappa shape index (κ1) is 15.8. The second-order valence-corrected chi connectivity index (χ2v) is 3.67. The Hall–Kier alpha value is -1.28. The fourth-order valence-electron chi connectivity index (χ4n) is 1.36. The SMILES string of the molecule is CCONCc1cc(C(F)(F)F)cc(C(F)(F)F)c1. The summed E-state index contributed by atoms with van der Waals surface area (Å²) in [5.41, 5.74) is -0.558. The van der Waals surface area contributed by atoms with Crippen LogP contribution in [-0.4, -0.2) is 6.61 Å². The van der Waals surface area contributed by atoms with E-state index in [1.807, 2.05) is 0 Å². The smallest absolute Gasteiger partial charge is 0.302 e. The van der Waals surface area contributed by atoms with Crippen LogP contribution in [0.2, 0.25) is 0 Å². The minimum Gasteiger partial charge on any atom is -0.302 e. The molecule has 0 atom stereocenters. The van der Waals surface area contributed by atoms with Gasteiger partial charge in [0.15, 0.2) is 0 Å². The van der Waals surface area contributed by atoms with Crippen molar-refractivity contribution in [3.63, 3.8) is 0 Å². The predicted octanol–water partition coefficient (Wildman–Crippen LogP) is 3.77. The fraction of sp³-hybridized carbons (Fsp3) is 0.455. The summed E-state index contributed by atoms with van der Waals surface area (Å²) in [6, 6.07) is 1.40. The van der Waals surface area contributed by atoms with Gasteiger partial charge in [-0.1, -0.05) is 0 Å². The summed E-state index contributed by atoms with van der Waals surface area (Å²) in [7, 11) is 0. The molecule has 19 heavy (non-hydrogen) atoms. The molecule has 0 heterocycles. The van der Waals surface area contributed by atoms with Crippen LogP contribution in [0.15, 0.2) is 18.2 Å². The standard InChI is InChI=1S/C11H11F6NO/c1-2-19-18-6-7-3-8(10(12,13)14)5-9(4-7)11(15,16)17/h3-5,18H,2,6H2,1H3.